The first-order valence-corrected chi connectivity index (χ1v) is 6.60. The van der Waals surface area contributed by atoms with Crippen molar-refractivity contribution in [3.05, 3.63) is 35.4 Å². The molecule has 0 saturated carbocycles. The summed E-state index contributed by atoms with van der Waals surface area (Å²) >= 11 is 0. The molecule has 2 aromatic heterocycles. The van der Waals surface area contributed by atoms with Crippen molar-refractivity contribution in [1.29, 1.82) is 0 Å². The van der Waals surface area contributed by atoms with Gasteiger partial charge in [0.1, 0.15) is 0 Å². The Kier molecular flexibility index (Phi) is 4.34. The first-order chi connectivity index (χ1) is 9.13. The second-order valence-electron chi connectivity index (χ2n) is 4.84. The van der Waals surface area contributed by atoms with Crippen molar-refractivity contribution >= 4 is 0 Å². The molecule has 2 heterocycles. The summed E-state index contributed by atoms with van der Waals surface area (Å²) in [5.41, 5.74) is 6.43. The molecule has 0 aliphatic heterocycles. The van der Waals surface area contributed by atoms with Crippen molar-refractivity contribution in [1.82, 2.24) is 25.0 Å². The van der Waals surface area contributed by atoms with E-state index in [1.165, 1.54) is 11.1 Å². The third-order valence-corrected chi connectivity index (χ3v) is 3.33. The van der Waals surface area contributed by atoms with Crippen LogP contribution in [0.25, 0.3) is 0 Å². The third kappa shape index (κ3) is 3.21. The summed E-state index contributed by atoms with van der Waals surface area (Å²) in [6.07, 6.45) is 8.78. The summed E-state index contributed by atoms with van der Waals surface area (Å²) in [5, 5.41) is 8.64. The van der Waals surface area contributed by atoms with E-state index in [1.54, 1.807) is 0 Å². The molecule has 0 radical (unpaired) electrons. The lowest BCUT2D eigenvalue weighted by atomic mass is 10.0. The molecule has 104 valence electrons. The molecule has 0 fully saturated rings. The number of hydrogen-bond donors (Lipinski definition) is 2. The van der Waals surface area contributed by atoms with E-state index in [0.29, 0.717) is 0 Å². The molecule has 1 unspecified atom stereocenters. The van der Waals surface area contributed by atoms with E-state index in [9.17, 15) is 0 Å². The molecule has 2 rings (SSSR count). The summed E-state index contributed by atoms with van der Waals surface area (Å²) in [5.74, 6) is 5.70. The summed E-state index contributed by atoms with van der Waals surface area (Å²) in [7, 11) is 3.87. The zero-order chi connectivity index (χ0) is 13.8. The quantitative estimate of drug-likeness (QED) is 0.598. The van der Waals surface area contributed by atoms with Gasteiger partial charge in [-0.05, 0) is 24.8 Å². The van der Waals surface area contributed by atoms with Gasteiger partial charge in [-0.3, -0.25) is 20.6 Å². The third-order valence-electron chi connectivity index (χ3n) is 3.33. The average Bonchev–Trinajstić information content (AvgIpc) is 2.96. The number of aromatic nitrogens is 4. The van der Waals surface area contributed by atoms with Crippen molar-refractivity contribution in [3.8, 4) is 0 Å². The molecular formula is C13H22N6. The van der Waals surface area contributed by atoms with Gasteiger partial charge in [-0.2, -0.15) is 10.2 Å². The molecule has 3 N–H and O–H groups in total. The SMILES string of the molecule is CCc1nn(C)cc1C(CCc1cnn(C)c1)NN. The summed E-state index contributed by atoms with van der Waals surface area (Å²) < 4.78 is 3.67. The largest absolute Gasteiger partial charge is 0.276 e. The van der Waals surface area contributed by atoms with E-state index in [2.05, 4.69) is 22.5 Å². The fourth-order valence-corrected chi connectivity index (χ4v) is 2.36. The number of nitrogens with zero attached hydrogens (tertiary/aromatic N) is 4. The normalized spacial score (nSPS) is 12.8. The van der Waals surface area contributed by atoms with E-state index in [1.807, 2.05) is 42.0 Å². The van der Waals surface area contributed by atoms with Gasteiger partial charge in [0, 0.05) is 38.1 Å². The predicted molar refractivity (Wildman–Crippen MR) is 74.2 cm³/mol. The molecule has 0 amide bonds. The van der Waals surface area contributed by atoms with Gasteiger partial charge >= 0.3 is 0 Å². The van der Waals surface area contributed by atoms with E-state index < -0.39 is 0 Å². The predicted octanol–water partition coefficient (Wildman–Crippen LogP) is 0.853. The highest BCUT2D eigenvalue weighted by Gasteiger charge is 2.16. The van der Waals surface area contributed by atoms with Crippen LogP contribution in [0.1, 0.15) is 36.2 Å². The van der Waals surface area contributed by atoms with Gasteiger partial charge in [-0.15, -0.1) is 0 Å². The number of nitrogens with one attached hydrogen (secondary N) is 1. The zero-order valence-electron chi connectivity index (χ0n) is 11.8. The van der Waals surface area contributed by atoms with Gasteiger partial charge in [0.05, 0.1) is 11.9 Å². The van der Waals surface area contributed by atoms with Crippen molar-refractivity contribution in [2.45, 2.75) is 32.2 Å². The van der Waals surface area contributed by atoms with Crippen LogP contribution in [0.2, 0.25) is 0 Å². The Hall–Kier alpha value is -1.66. The van der Waals surface area contributed by atoms with E-state index in [4.69, 9.17) is 5.84 Å². The highest BCUT2D eigenvalue weighted by molar-refractivity contribution is 5.22. The van der Waals surface area contributed by atoms with Crippen LogP contribution < -0.4 is 11.3 Å². The Morgan fingerprint density at radius 1 is 1.32 bits per heavy atom. The van der Waals surface area contributed by atoms with Gasteiger partial charge in [-0.25, -0.2) is 0 Å². The van der Waals surface area contributed by atoms with Crippen LogP contribution in [-0.2, 0) is 26.9 Å². The van der Waals surface area contributed by atoms with Crippen LogP contribution in [-0.4, -0.2) is 19.6 Å². The van der Waals surface area contributed by atoms with Crippen molar-refractivity contribution in [2.75, 3.05) is 0 Å². The lowest BCUT2D eigenvalue weighted by Gasteiger charge is -2.15. The van der Waals surface area contributed by atoms with Crippen LogP contribution in [0.4, 0.5) is 0 Å². The maximum atomic E-state index is 5.70. The molecule has 1 atom stereocenters. The maximum absolute atomic E-state index is 5.70. The number of rotatable bonds is 6. The average molecular weight is 262 g/mol. The zero-order valence-corrected chi connectivity index (χ0v) is 11.8. The summed E-state index contributed by atoms with van der Waals surface area (Å²) in [6.45, 7) is 2.11. The molecule has 0 aromatic carbocycles. The van der Waals surface area contributed by atoms with Crippen LogP contribution >= 0.6 is 0 Å². The molecule has 19 heavy (non-hydrogen) atoms. The van der Waals surface area contributed by atoms with E-state index in [-0.39, 0.29) is 6.04 Å². The minimum absolute atomic E-state index is 0.129. The molecule has 0 aliphatic carbocycles. The lowest BCUT2D eigenvalue weighted by Crippen LogP contribution is -2.28. The number of aryl methyl sites for hydroxylation is 4. The smallest absolute Gasteiger partial charge is 0.0670 e. The molecule has 0 aliphatic rings. The standard InChI is InChI=1S/C13H22N6/c1-4-12-11(9-19(3)17-12)13(16-14)6-5-10-7-15-18(2)8-10/h7-9,13,16H,4-6,14H2,1-3H3. The fraction of sp³-hybridized carbons (Fsp3) is 0.538. The fourth-order valence-electron chi connectivity index (χ4n) is 2.36. The second kappa shape index (κ2) is 5.99. The van der Waals surface area contributed by atoms with Crippen LogP contribution in [0.5, 0.6) is 0 Å². The number of hydrogen-bond acceptors (Lipinski definition) is 4. The molecule has 6 nitrogen and oxygen atoms in total. The Morgan fingerprint density at radius 3 is 2.68 bits per heavy atom. The summed E-state index contributed by atoms with van der Waals surface area (Å²) in [6, 6.07) is 0.129. The van der Waals surface area contributed by atoms with Gasteiger partial charge in [0.25, 0.3) is 0 Å². The molecular weight excluding hydrogens is 240 g/mol. The maximum Gasteiger partial charge on any atom is 0.0670 e. The Labute approximate surface area is 113 Å². The van der Waals surface area contributed by atoms with Gasteiger partial charge < -0.3 is 0 Å². The highest BCUT2D eigenvalue weighted by atomic mass is 15.3. The second-order valence-corrected chi connectivity index (χ2v) is 4.84. The van der Waals surface area contributed by atoms with E-state index >= 15 is 0 Å². The number of nitrogens with two attached hydrogens (primary N) is 1. The monoisotopic (exact) mass is 262 g/mol. The minimum atomic E-state index is 0.129. The van der Waals surface area contributed by atoms with Crippen molar-refractivity contribution < 1.29 is 0 Å². The highest BCUT2D eigenvalue weighted by Crippen LogP contribution is 2.21. The Balaban J connectivity index is 2.07. The summed E-state index contributed by atoms with van der Waals surface area (Å²) in [4.78, 5) is 0. The molecule has 2 aromatic rings. The van der Waals surface area contributed by atoms with Crippen molar-refractivity contribution in [3.63, 3.8) is 0 Å². The topological polar surface area (TPSA) is 73.7 Å². The van der Waals surface area contributed by atoms with E-state index in [0.717, 1.165) is 25.0 Å². The van der Waals surface area contributed by atoms with Crippen LogP contribution in [0, 0.1) is 0 Å². The number of hydrazine groups is 1. The molecule has 0 saturated heterocycles. The van der Waals surface area contributed by atoms with Crippen LogP contribution in [0.3, 0.4) is 0 Å². The van der Waals surface area contributed by atoms with Gasteiger partial charge in [0.15, 0.2) is 0 Å². The Bertz CT molecular complexity index is 527. The first kappa shape index (κ1) is 13.8. The van der Waals surface area contributed by atoms with Gasteiger partial charge in [0.2, 0.25) is 0 Å². The minimum Gasteiger partial charge on any atom is -0.276 e. The Morgan fingerprint density at radius 2 is 2.11 bits per heavy atom. The van der Waals surface area contributed by atoms with Crippen molar-refractivity contribution in [2.24, 2.45) is 19.9 Å². The molecule has 0 bridgehead atoms. The van der Waals surface area contributed by atoms with Crippen LogP contribution in [0.15, 0.2) is 18.6 Å². The first-order valence-electron chi connectivity index (χ1n) is 6.60. The molecule has 6 heteroatoms. The van der Waals surface area contributed by atoms with Gasteiger partial charge in [-0.1, -0.05) is 6.92 Å². The lowest BCUT2D eigenvalue weighted by molar-refractivity contribution is 0.512. The molecule has 0 spiro atoms.